The van der Waals surface area contributed by atoms with Crippen LogP contribution < -0.4 is 4.74 Å². The molecule has 1 atom stereocenters. The Labute approximate surface area is 135 Å². The molecule has 0 saturated carbocycles. The van der Waals surface area contributed by atoms with Crippen LogP contribution in [0.15, 0.2) is 48.7 Å². The number of rotatable bonds is 3. The van der Waals surface area contributed by atoms with Crippen LogP contribution in [0.3, 0.4) is 0 Å². The Kier molecular flexibility index (Phi) is 3.75. The van der Waals surface area contributed by atoms with E-state index >= 15 is 0 Å². The van der Waals surface area contributed by atoms with Crippen molar-refractivity contribution in [2.75, 3.05) is 13.7 Å². The Morgan fingerprint density at radius 2 is 1.91 bits per heavy atom. The Bertz CT molecular complexity index is 802. The Hall–Kier alpha value is -2.33. The van der Waals surface area contributed by atoms with Crippen LogP contribution in [0.4, 0.5) is 0 Å². The number of benzene rings is 2. The molecule has 0 N–H and O–H groups in total. The molecule has 0 aliphatic carbocycles. The van der Waals surface area contributed by atoms with Crippen LogP contribution in [-0.2, 0) is 4.74 Å². The van der Waals surface area contributed by atoms with E-state index < -0.39 is 0 Å². The van der Waals surface area contributed by atoms with Gasteiger partial charge in [0.1, 0.15) is 5.75 Å². The SMILES string of the molecule is COc1ccc(-c2ccc3c(cnn3[C@H]3CCCCO3)c2)cc1. The highest BCUT2D eigenvalue weighted by Gasteiger charge is 2.18. The summed E-state index contributed by atoms with van der Waals surface area (Å²) in [6.45, 7) is 0.829. The standard InChI is InChI=1S/C19H20N2O2/c1-22-17-8-5-14(6-9-17)15-7-10-18-16(12-15)13-20-21(18)19-4-2-3-11-23-19/h5-10,12-13,19H,2-4,11H2,1H3/t19-/m1/s1. The molecule has 4 heteroatoms. The quantitative estimate of drug-likeness (QED) is 0.719. The molecule has 23 heavy (non-hydrogen) atoms. The molecule has 0 radical (unpaired) electrons. The van der Waals surface area contributed by atoms with Crippen molar-refractivity contribution in [1.29, 1.82) is 0 Å². The molecule has 1 aliphatic heterocycles. The molecule has 1 fully saturated rings. The van der Waals surface area contributed by atoms with Gasteiger partial charge in [0, 0.05) is 12.0 Å². The Balaban J connectivity index is 1.68. The van der Waals surface area contributed by atoms with E-state index in [4.69, 9.17) is 9.47 Å². The number of nitrogens with zero attached hydrogens (tertiary/aromatic N) is 2. The summed E-state index contributed by atoms with van der Waals surface area (Å²) >= 11 is 0. The summed E-state index contributed by atoms with van der Waals surface area (Å²) in [4.78, 5) is 0. The van der Waals surface area contributed by atoms with E-state index in [1.165, 1.54) is 17.5 Å². The van der Waals surface area contributed by atoms with Crippen LogP contribution in [0.25, 0.3) is 22.0 Å². The second-order valence-electron chi connectivity index (χ2n) is 5.91. The molecule has 4 nitrogen and oxygen atoms in total. The van der Waals surface area contributed by atoms with Crippen molar-refractivity contribution in [2.24, 2.45) is 0 Å². The first-order valence-corrected chi connectivity index (χ1v) is 8.08. The molecule has 0 amide bonds. The highest BCUT2D eigenvalue weighted by Crippen LogP contribution is 2.29. The second-order valence-corrected chi connectivity index (χ2v) is 5.91. The van der Waals surface area contributed by atoms with Gasteiger partial charge in [0.15, 0.2) is 6.23 Å². The van der Waals surface area contributed by atoms with E-state index in [0.29, 0.717) is 0 Å². The lowest BCUT2D eigenvalue weighted by Crippen LogP contribution is -2.18. The summed E-state index contributed by atoms with van der Waals surface area (Å²) in [5, 5.41) is 5.70. The summed E-state index contributed by atoms with van der Waals surface area (Å²) in [5.41, 5.74) is 3.49. The molecule has 1 saturated heterocycles. The molecule has 118 valence electrons. The average molecular weight is 308 g/mol. The van der Waals surface area contributed by atoms with Gasteiger partial charge in [-0.05, 0) is 54.7 Å². The van der Waals surface area contributed by atoms with Gasteiger partial charge in [0.05, 0.1) is 18.8 Å². The molecular formula is C19H20N2O2. The predicted octanol–water partition coefficient (Wildman–Crippen LogP) is 4.41. The molecule has 0 bridgehead atoms. The topological polar surface area (TPSA) is 36.3 Å². The summed E-state index contributed by atoms with van der Waals surface area (Å²) in [5.74, 6) is 0.872. The van der Waals surface area contributed by atoms with Gasteiger partial charge in [-0.1, -0.05) is 18.2 Å². The van der Waals surface area contributed by atoms with E-state index in [1.807, 2.05) is 23.0 Å². The van der Waals surface area contributed by atoms with E-state index in [-0.39, 0.29) is 6.23 Å². The molecule has 1 aliphatic rings. The van der Waals surface area contributed by atoms with E-state index in [9.17, 15) is 0 Å². The minimum atomic E-state index is 0.0769. The van der Waals surface area contributed by atoms with Crippen LogP contribution in [0, 0.1) is 0 Å². The number of hydrogen-bond acceptors (Lipinski definition) is 3. The lowest BCUT2D eigenvalue weighted by atomic mass is 10.0. The summed E-state index contributed by atoms with van der Waals surface area (Å²) < 4.78 is 13.1. The van der Waals surface area contributed by atoms with Crippen molar-refractivity contribution in [3.63, 3.8) is 0 Å². The number of fused-ring (bicyclic) bond motifs is 1. The number of hydrogen-bond donors (Lipinski definition) is 0. The maximum absolute atomic E-state index is 5.86. The second kappa shape index (κ2) is 6.05. The van der Waals surface area contributed by atoms with E-state index in [2.05, 4.69) is 35.4 Å². The Morgan fingerprint density at radius 3 is 2.65 bits per heavy atom. The van der Waals surface area contributed by atoms with Crippen LogP contribution in [0.2, 0.25) is 0 Å². The zero-order valence-electron chi connectivity index (χ0n) is 13.2. The zero-order chi connectivity index (χ0) is 15.6. The maximum atomic E-state index is 5.86. The fraction of sp³-hybridized carbons (Fsp3) is 0.316. The van der Waals surface area contributed by atoms with Gasteiger partial charge in [0.2, 0.25) is 0 Å². The summed E-state index contributed by atoms with van der Waals surface area (Å²) in [6, 6.07) is 14.6. The normalized spacial score (nSPS) is 18.2. The summed E-state index contributed by atoms with van der Waals surface area (Å²) in [6.07, 6.45) is 5.40. The molecule has 2 heterocycles. The van der Waals surface area contributed by atoms with Gasteiger partial charge < -0.3 is 9.47 Å². The Morgan fingerprint density at radius 1 is 1.09 bits per heavy atom. The molecule has 1 aromatic heterocycles. The van der Waals surface area contributed by atoms with Gasteiger partial charge in [-0.3, -0.25) is 0 Å². The predicted molar refractivity (Wildman–Crippen MR) is 90.6 cm³/mol. The van der Waals surface area contributed by atoms with Crippen molar-refractivity contribution in [3.05, 3.63) is 48.7 Å². The van der Waals surface area contributed by atoms with Crippen LogP contribution in [-0.4, -0.2) is 23.5 Å². The third-order valence-electron chi connectivity index (χ3n) is 4.45. The van der Waals surface area contributed by atoms with Crippen molar-refractivity contribution in [3.8, 4) is 16.9 Å². The minimum Gasteiger partial charge on any atom is -0.497 e. The van der Waals surface area contributed by atoms with Crippen molar-refractivity contribution < 1.29 is 9.47 Å². The lowest BCUT2D eigenvalue weighted by molar-refractivity contribution is -0.0366. The first kappa shape index (κ1) is 14.3. The van der Waals surface area contributed by atoms with Gasteiger partial charge in [-0.25, -0.2) is 4.68 Å². The summed E-state index contributed by atoms with van der Waals surface area (Å²) in [7, 11) is 1.68. The van der Waals surface area contributed by atoms with Crippen molar-refractivity contribution in [1.82, 2.24) is 9.78 Å². The fourth-order valence-electron chi connectivity index (χ4n) is 3.16. The maximum Gasteiger partial charge on any atom is 0.150 e. The lowest BCUT2D eigenvalue weighted by Gasteiger charge is -2.23. The van der Waals surface area contributed by atoms with Gasteiger partial charge >= 0.3 is 0 Å². The molecule has 2 aromatic carbocycles. The first-order valence-electron chi connectivity index (χ1n) is 8.08. The average Bonchev–Trinajstić information content (AvgIpc) is 3.06. The third kappa shape index (κ3) is 2.70. The van der Waals surface area contributed by atoms with Crippen molar-refractivity contribution in [2.45, 2.75) is 25.5 Å². The number of ether oxygens (including phenoxy) is 2. The van der Waals surface area contributed by atoms with Gasteiger partial charge in [-0.2, -0.15) is 5.10 Å². The van der Waals surface area contributed by atoms with Crippen LogP contribution in [0.1, 0.15) is 25.5 Å². The number of methoxy groups -OCH3 is 1. The van der Waals surface area contributed by atoms with Gasteiger partial charge in [-0.15, -0.1) is 0 Å². The highest BCUT2D eigenvalue weighted by atomic mass is 16.5. The molecule has 4 rings (SSSR count). The van der Waals surface area contributed by atoms with Gasteiger partial charge in [0.25, 0.3) is 0 Å². The molecule has 0 unspecified atom stereocenters. The molecular weight excluding hydrogens is 288 g/mol. The smallest absolute Gasteiger partial charge is 0.150 e. The number of aromatic nitrogens is 2. The monoisotopic (exact) mass is 308 g/mol. The highest BCUT2D eigenvalue weighted by molar-refractivity contribution is 5.84. The van der Waals surface area contributed by atoms with E-state index in [1.54, 1.807) is 7.11 Å². The first-order chi connectivity index (χ1) is 11.3. The van der Waals surface area contributed by atoms with Crippen LogP contribution >= 0.6 is 0 Å². The zero-order valence-corrected chi connectivity index (χ0v) is 13.2. The minimum absolute atomic E-state index is 0.0769. The molecule has 3 aromatic rings. The van der Waals surface area contributed by atoms with Crippen LogP contribution in [0.5, 0.6) is 5.75 Å². The largest absolute Gasteiger partial charge is 0.497 e. The van der Waals surface area contributed by atoms with E-state index in [0.717, 1.165) is 36.1 Å². The van der Waals surface area contributed by atoms with Crippen molar-refractivity contribution >= 4 is 10.9 Å². The fourth-order valence-corrected chi connectivity index (χ4v) is 3.16. The third-order valence-corrected chi connectivity index (χ3v) is 4.45. The molecule has 0 spiro atoms.